The van der Waals surface area contributed by atoms with Crippen molar-refractivity contribution in [3.63, 3.8) is 0 Å². The Labute approximate surface area is 156 Å². The minimum atomic E-state index is -4.63. The Morgan fingerprint density at radius 2 is 1.54 bits per heavy atom. The van der Waals surface area contributed by atoms with Crippen LogP contribution in [0.15, 0.2) is 48.5 Å². The SMILES string of the molecule is Cn1nc(C(F)F)c(C(N)=O)c1-c1ccccc1-c1ccccc1C(F)(F)F. The van der Waals surface area contributed by atoms with Gasteiger partial charge in [-0.2, -0.15) is 18.3 Å². The van der Waals surface area contributed by atoms with E-state index >= 15 is 0 Å². The molecular weight excluding hydrogens is 381 g/mol. The first-order valence-electron chi connectivity index (χ1n) is 8.03. The van der Waals surface area contributed by atoms with Crippen LogP contribution >= 0.6 is 0 Å². The van der Waals surface area contributed by atoms with Gasteiger partial charge in [0.25, 0.3) is 12.3 Å². The van der Waals surface area contributed by atoms with Crippen molar-refractivity contribution in [1.29, 1.82) is 0 Å². The predicted octanol–water partition coefficient (Wildman–Crippen LogP) is 4.81. The molecule has 0 aliphatic rings. The summed E-state index contributed by atoms with van der Waals surface area (Å²) in [6.07, 6.45) is -7.70. The van der Waals surface area contributed by atoms with E-state index in [2.05, 4.69) is 5.10 Å². The lowest BCUT2D eigenvalue weighted by atomic mass is 9.92. The van der Waals surface area contributed by atoms with Gasteiger partial charge in [-0.05, 0) is 17.2 Å². The molecule has 0 aliphatic heterocycles. The van der Waals surface area contributed by atoms with Crippen LogP contribution in [0.4, 0.5) is 22.0 Å². The van der Waals surface area contributed by atoms with E-state index in [0.717, 1.165) is 10.7 Å². The molecule has 0 aliphatic carbocycles. The summed E-state index contributed by atoms with van der Waals surface area (Å²) >= 11 is 0. The normalized spacial score (nSPS) is 11.8. The van der Waals surface area contributed by atoms with Crippen LogP contribution in [0.5, 0.6) is 0 Å². The third-order valence-electron chi connectivity index (χ3n) is 4.23. The van der Waals surface area contributed by atoms with Gasteiger partial charge >= 0.3 is 6.18 Å². The number of hydrogen-bond acceptors (Lipinski definition) is 2. The molecule has 0 saturated heterocycles. The fourth-order valence-electron chi connectivity index (χ4n) is 3.14. The van der Waals surface area contributed by atoms with Gasteiger partial charge in [-0.25, -0.2) is 8.78 Å². The number of nitrogens with two attached hydrogens (primary N) is 1. The van der Waals surface area contributed by atoms with E-state index in [9.17, 15) is 26.7 Å². The summed E-state index contributed by atoms with van der Waals surface area (Å²) in [5.41, 5.74) is 3.08. The first kappa shape index (κ1) is 19.5. The molecule has 0 unspecified atom stereocenters. The van der Waals surface area contributed by atoms with Crippen molar-refractivity contribution in [2.75, 3.05) is 0 Å². The van der Waals surface area contributed by atoms with Crippen molar-refractivity contribution in [2.45, 2.75) is 12.6 Å². The number of carbonyl (C=O) groups is 1. The van der Waals surface area contributed by atoms with E-state index in [1.807, 2.05) is 0 Å². The Morgan fingerprint density at radius 3 is 2.07 bits per heavy atom. The molecule has 0 radical (unpaired) electrons. The zero-order valence-corrected chi connectivity index (χ0v) is 14.5. The summed E-state index contributed by atoms with van der Waals surface area (Å²) in [7, 11) is 1.32. The molecule has 3 rings (SSSR count). The van der Waals surface area contributed by atoms with Crippen molar-refractivity contribution in [2.24, 2.45) is 12.8 Å². The maximum Gasteiger partial charge on any atom is 0.417 e. The molecule has 146 valence electrons. The number of aryl methyl sites for hydroxylation is 1. The molecule has 2 N–H and O–H groups in total. The summed E-state index contributed by atoms with van der Waals surface area (Å²) in [5, 5.41) is 3.66. The molecule has 1 aromatic heterocycles. The van der Waals surface area contributed by atoms with Crippen molar-refractivity contribution >= 4 is 5.91 Å². The zero-order valence-electron chi connectivity index (χ0n) is 14.5. The van der Waals surface area contributed by atoms with Crippen molar-refractivity contribution < 1.29 is 26.7 Å². The van der Waals surface area contributed by atoms with Crippen LogP contribution in [0.25, 0.3) is 22.4 Å². The molecule has 1 heterocycles. The molecule has 2 aromatic carbocycles. The lowest BCUT2D eigenvalue weighted by Gasteiger charge is -2.16. The molecule has 1 amide bonds. The van der Waals surface area contributed by atoms with Gasteiger partial charge in [-0.3, -0.25) is 9.48 Å². The largest absolute Gasteiger partial charge is 0.417 e. The number of alkyl halides is 5. The van der Waals surface area contributed by atoms with E-state index in [1.54, 1.807) is 0 Å². The van der Waals surface area contributed by atoms with Gasteiger partial charge < -0.3 is 5.73 Å². The second-order valence-electron chi connectivity index (χ2n) is 5.99. The minimum absolute atomic E-state index is 0.0737. The highest BCUT2D eigenvalue weighted by Gasteiger charge is 2.35. The summed E-state index contributed by atoms with van der Waals surface area (Å²) in [6.45, 7) is 0. The molecule has 0 fully saturated rings. The number of hydrogen-bond donors (Lipinski definition) is 1. The van der Waals surface area contributed by atoms with Gasteiger partial charge in [0.05, 0.1) is 16.8 Å². The monoisotopic (exact) mass is 395 g/mol. The first-order valence-corrected chi connectivity index (χ1v) is 8.03. The second-order valence-corrected chi connectivity index (χ2v) is 5.99. The predicted molar refractivity (Wildman–Crippen MR) is 92.6 cm³/mol. The number of amides is 1. The molecule has 0 bridgehead atoms. The highest BCUT2D eigenvalue weighted by Crippen LogP contribution is 2.42. The van der Waals surface area contributed by atoms with Crippen LogP contribution in [0, 0.1) is 0 Å². The smallest absolute Gasteiger partial charge is 0.365 e. The van der Waals surface area contributed by atoms with E-state index in [0.29, 0.717) is 0 Å². The number of nitrogens with zero attached hydrogens (tertiary/aromatic N) is 2. The van der Waals surface area contributed by atoms with Crippen LogP contribution in [0.2, 0.25) is 0 Å². The van der Waals surface area contributed by atoms with Gasteiger partial charge in [-0.15, -0.1) is 0 Å². The van der Waals surface area contributed by atoms with Crippen LogP contribution < -0.4 is 5.73 Å². The summed E-state index contributed by atoms with van der Waals surface area (Å²) in [6, 6.07) is 10.8. The quantitative estimate of drug-likeness (QED) is 0.645. The maximum atomic E-state index is 13.5. The van der Waals surface area contributed by atoms with Crippen molar-refractivity contribution in [3.8, 4) is 22.4 Å². The van der Waals surface area contributed by atoms with Crippen LogP contribution in [0.3, 0.4) is 0 Å². The highest BCUT2D eigenvalue weighted by molar-refractivity contribution is 6.02. The van der Waals surface area contributed by atoms with E-state index in [4.69, 9.17) is 5.73 Å². The fourth-order valence-corrected chi connectivity index (χ4v) is 3.14. The lowest BCUT2D eigenvalue weighted by molar-refractivity contribution is -0.137. The molecule has 0 atom stereocenters. The Morgan fingerprint density at radius 1 is 1.00 bits per heavy atom. The Bertz CT molecular complexity index is 1040. The van der Waals surface area contributed by atoms with E-state index < -0.39 is 35.3 Å². The van der Waals surface area contributed by atoms with Crippen molar-refractivity contribution in [3.05, 3.63) is 65.4 Å². The maximum absolute atomic E-state index is 13.5. The van der Waals surface area contributed by atoms with Gasteiger partial charge in [0.1, 0.15) is 5.69 Å². The van der Waals surface area contributed by atoms with E-state index in [-0.39, 0.29) is 22.4 Å². The minimum Gasteiger partial charge on any atom is -0.365 e. The van der Waals surface area contributed by atoms with Gasteiger partial charge in [0, 0.05) is 12.6 Å². The summed E-state index contributed by atoms with van der Waals surface area (Å²) in [5.74, 6) is -1.14. The number of aromatic nitrogens is 2. The highest BCUT2D eigenvalue weighted by atomic mass is 19.4. The third kappa shape index (κ3) is 3.35. The number of carbonyl (C=O) groups excluding carboxylic acids is 1. The van der Waals surface area contributed by atoms with E-state index in [1.165, 1.54) is 49.5 Å². The Balaban J connectivity index is 2.35. The van der Waals surface area contributed by atoms with Gasteiger partial charge in [0.15, 0.2) is 0 Å². The second kappa shape index (κ2) is 7.06. The topological polar surface area (TPSA) is 60.9 Å². The van der Waals surface area contributed by atoms with Crippen LogP contribution in [-0.2, 0) is 13.2 Å². The summed E-state index contributed by atoms with van der Waals surface area (Å²) in [4.78, 5) is 11.9. The number of benzene rings is 2. The molecule has 3 aromatic rings. The van der Waals surface area contributed by atoms with Crippen molar-refractivity contribution in [1.82, 2.24) is 9.78 Å². The fraction of sp³-hybridized carbons (Fsp3) is 0.158. The molecular formula is C19H14F5N3O. The lowest BCUT2D eigenvalue weighted by Crippen LogP contribution is -2.14. The average molecular weight is 395 g/mol. The average Bonchev–Trinajstić information content (AvgIpc) is 2.99. The van der Waals surface area contributed by atoms with Crippen LogP contribution in [-0.4, -0.2) is 15.7 Å². The Kier molecular flexibility index (Phi) is 4.93. The molecule has 0 saturated carbocycles. The molecule has 4 nitrogen and oxygen atoms in total. The van der Waals surface area contributed by atoms with Crippen LogP contribution in [0.1, 0.15) is 28.0 Å². The third-order valence-corrected chi connectivity index (χ3v) is 4.23. The van der Waals surface area contributed by atoms with Gasteiger partial charge in [-0.1, -0.05) is 42.5 Å². The summed E-state index contributed by atoms with van der Waals surface area (Å²) < 4.78 is 68.1. The zero-order chi connectivity index (χ0) is 20.6. The number of halogens is 5. The number of primary amides is 1. The standard InChI is InChI=1S/C19H14F5N3O/c1-27-16(14(18(25)28)15(26-27)17(20)21)12-8-3-2-6-10(12)11-7-4-5-9-13(11)19(22,23)24/h2-9,17H,1H3,(H2,25,28). The molecule has 0 spiro atoms. The Hall–Kier alpha value is -3.23. The molecule has 9 heteroatoms. The first-order chi connectivity index (χ1) is 13.1. The molecule has 28 heavy (non-hydrogen) atoms. The number of rotatable bonds is 4. The van der Waals surface area contributed by atoms with Gasteiger partial charge in [0.2, 0.25) is 0 Å².